The van der Waals surface area contributed by atoms with Gasteiger partial charge in [0, 0.05) is 13.1 Å². The topological polar surface area (TPSA) is 109 Å². The van der Waals surface area contributed by atoms with Gasteiger partial charge in [-0.05, 0) is 13.3 Å². The Kier molecular flexibility index (Phi) is 6.85. The molecule has 1 aromatic rings. The maximum Gasteiger partial charge on any atom is 0.343 e. The molecular weight excluding hydrogens is 282 g/mol. The van der Waals surface area contributed by atoms with Gasteiger partial charge in [0.05, 0.1) is 12.3 Å². The molecule has 0 aliphatic rings. The normalized spacial score (nSPS) is 10.3. The summed E-state index contributed by atoms with van der Waals surface area (Å²) in [5, 5.41) is 11.8. The molecule has 1 heterocycles. The molecule has 20 heavy (non-hydrogen) atoms. The number of carbonyl (C=O) groups is 2. The van der Waals surface area contributed by atoms with Crippen LogP contribution in [0, 0.1) is 0 Å². The lowest BCUT2D eigenvalue weighted by Crippen LogP contribution is -2.37. The van der Waals surface area contributed by atoms with Crippen LogP contribution in [0.5, 0.6) is 0 Å². The Hall–Kier alpha value is -1.77. The zero-order valence-corrected chi connectivity index (χ0v) is 12.4. The lowest BCUT2D eigenvalue weighted by atomic mass is 10.5. The molecule has 0 spiro atoms. The number of thioether (sulfide) groups is 1. The van der Waals surface area contributed by atoms with Gasteiger partial charge in [-0.2, -0.15) is 0 Å². The minimum Gasteiger partial charge on any atom is -0.355 e. The highest BCUT2D eigenvalue weighted by Crippen LogP contribution is 2.12. The van der Waals surface area contributed by atoms with Crippen molar-refractivity contribution in [2.24, 2.45) is 0 Å². The van der Waals surface area contributed by atoms with Gasteiger partial charge < -0.3 is 10.6 Å². The van der Waals surface area contributed by atoms with E-state index in [1.165, 1.54) is 4.57 Å². The van der Waals surface area contributed by atoms with Crippen LogP contribution in [-0.2, 0) is 16.1 Å². The number of aromatic nitrogens is 3. The number of nitrogens with zero attached hydrogens (tertiary/aromatic N) is 2. The lowest BCUT2D eigenvalue weighted by Gasteiger charge is -2.05. The van der Waals surface area contributed by atoms with Gasteiger partial charge in [-0.25, -0.2) is 9.89 Å². The highest BCUT2D eigenvalue weighted by Gasteiger charge is 2.11. The maximum atomic E-state index is 11.6. The van der Waals surface area contributed by atoms with Crippen molar-refractivity contribution >= 4 is 23.6 Å². The number of rotatable bonds is 8. The van der Waals surface area contributed by atoms with E-state index in [9.17, 15) is 14.4 Å². The molecule has 0 bridgehead atoms. The van der Waals surface area contributed by atoms with Gasteiger partial charge in [0.2, 0.25) is 11.8 Å². The number of nitrogens with one attached hydrogen (secondary N) is 3. The minimum absolute atomic E-state index is 0.0461. The Morgan fingerprint density at radius 3 is 2.70 bits per heavy atom. The number of hydrogen-bond acceptors (Lipinski definition) is 5. The molecule has 0 fully saturated rings. The quantitative estimate of drug-likeness (QED) is 0.552. The SMILES string of the molecule is CCCn1c(SCC(=O)NCC(=O)NCC)n[nH]c1=O. The van der Waals surface area contributed by atoms with Gasteiger partial charge in [-0.3, -0.25) is 14.2 Å². The van der Waals surface area contributed by atoms with Crippen LogP contribution in [0.1, 0.15) is 20.3 Å². The number of amides is 2. The van der Waals surface area contributed by atoms with E-state index < -0.39 is 0 Å². The van der Waals surface area contributed by atoms with Crippen LogP contribution in [0.15, 0.2) is 9.95 Å². The van der Waals surface area contributed by atoms with Crippen molar-refractivity contribution < 1.29 is 9.59 Å². The van der Waals surface area contributed by atoms with Crippen LogP contribution in [-0.4, -0.2) is 45.4 Å². The predicted octanol–water partition coefficient (Wildman–Crippen LogP) is -0.674. The number of aromatic amines is 1. The number of likely N-dealkylation sites (N-methyl/N-ethyl adjacent to an activating group) is 1. The highest BCUT2D eigenvalue weighted by atomic mass is 32.2. The number of carbonyl (C=O) groups excluding carboxylic acids is 2. The molecule has 9 heteroatoms. The molecule has 3 N–H and O–H groups in total. The first kappa shape index (κ1) is 16.3. The second-order valence-corrected chi connectivity index (χ2v) is 4.92. The summed E-state index contributed by atoms with van der Waals surface area (Å²) in [7, 11) is 0. The highest BCUT2D eigenvalue weighted by molar-refractivity contribution is 7.99. The van der Waals surface area contributed by atoms with Crippen molar-refractivity contribution in [3.05, 3.63) is 10.5 Å². The molecule has 1 aromatic heterocycles. The molecule has 112 valence electrons. The van der Waals surface area contributed by atoms with Crippen LogP contribution in [0.2, 0.25) is 0 Å². The Bertz CT molecular complexity index is 510. The van der Waals surface area contributed by atoms with Gasteiger partial charge in [-0.15, -0.1) is 5.10 Å². The third kappa shape index (κ3) is 5.08. The zero-order valence-electron chi connectivity index (χ0n) is 11.6. The van der Waals surface area contributed by atoms with Crippen LogP contribution < -0.4 is 16.3 Å². The summed E-state index contributed by atoms with van der Waals surface area (Å²) in [6, 6.07) is 0. The molecule has 0 saturated carbocycles. The smallest absolute Gasteiger partial charge is 0.343 e. The Balaban J connectivity index is 2.41. The molecule has 1 rings (SSSR count). The fourth-order valence-corrected chi connectivity index (χ4v) is 2.26. The average molecular weight is 301 g/mol. The van der Waals surface area contributed by atoms with E-state index in [0.717, 1.165) is 18.2 Å². The summed E-state index contributed by atoms with van der Waals surface area (Å²) >= 11 is 1.16. The second kappa shape index (κ2) is 8.41. The molecule has 0 unspecified atom stereocenters. The predicted molar refractivity (Wildman–Crippen MR) is 75.6 cm³/mol. The first-order valence-electron chi connectivity index (χ1n) is 6.39. The van der Waals surface area contributed by atoms with E-state index in [-0.39, 0.29) is 29.8 Å². The fourth-order valence-electron chi connectivity index (χ4n) is 1.45. The average Bonchev–Trinajstić information content (AvgIpc) is 2.76. The summed E-state index contributed by atoms with van der Waals surface area (Å²) in [5.41, 5.74) is -0.280. The molecular formula is C11H19N5O3S. The first-order valence-corrected chi connectivity index (χ1v) is 7.38. The first-order chi connectivity index (χ1) is 9.58. The molecule has 0 atom stereocenters. The standard InChI is InChI=1S/C11H19N5O3S/c1-3-5-16-10(19)14-15-11(16)20-7-9(18)13-6-8(17)12-4-2/h3-7H2,1-2H3,(H,12,17)(H,13,18)(H,14,19). The Morgan fingerprint density at radius 2 is 2.05 bits per heavy atom. The molecule has 2 amide bonds. The maximum absolute atomic E-state index is 11.6. The van der Waals surface area contributed by atoms with Gasteiger partial charge in [-0.1, -0.05) is 18.7 Å². The summed E-state index contributed by atoms with van der Waals surface area (Å²) in [6.07, 6.45) is 0.802. The molecule has 0 aromatic carbocycles. The lowest BCUT2D eigenvalue weighted by molar-refractivity contribution is -0.124. The molecule has 0 saturated heterocycles. The third-order valence-electron chi connectivity index (χ3n) is 2.32. The van der Waals surface area contributed by atoms with Crippen LogP contribution >= 0.6 is 11.8 Å². The van der Waals surface area contributed by atoms with Crippen molar-refractivity contribution in [3.8, 4) is 0 Å². The molecule has 8 nitrogen and oxygen atoms in total. The zero-order chi connectivity index (χ0) is 15.0. The van der Waals surface area contributed by atoms with Crippen molar-refractivity contribution in [1.82, 2.24) is 25.4 Å². The van der Waals surface area contributed by atoms with Gasteiger partial charge in [0.1, 0.15) is 0 Å². The van der Waals surface area contributed by atoms with Crippen molar-refractivity contribution in [1.29, 1.82) is 0 Å². The van der Waals surface area contributed by atoms with Gasteiger partial charge in [0.25, 0.3) is 0 Å². The Morgan fingerprint density at radius 1 is 1.30 bits per heavy atom. The van der Waals surface area contributed by atoms with E-state index in [1.54, 1.807) is 6.92 Å². The van der Waals surface area contributed by atoms with Gasteiger partial charge in [0.15, 0.2) is 5.16 Å². The van der Waals surface area contributed by atoms with Crippen molar-refractivity contribution in [2.45, 2.75) is 32.0 Å². The summed E-state index contributed by atoms with van der Waals surface area (Å²) < 4.78 is 1.49. The van der Waals surface area contributed by atoms with Crippen LogP contribution in [0.4, 0.5) is 0 Å². The van der Waals surface area contributed by atoms with E-state index in [1.807, 2.05) is 6.92 Å². The molecule has 0 radical (unpaired) electrons. The Labute approximate surface area is 120 Å². The van der Waals surface area contributed by atoms with Crippen LogP contribution in [0.25, 0.3) is 0 Å². The monoisotopic (exact) mass is 301 g/mol. The molecule has 0 aliphatic carbocycles. The van der Waals surface area contributed by atoms with Crippen molar-refractivity contribution in [3.63, 3.8) is 0 Å². The third-order valence-corrected chi connectivity index (χ3v) is 3.30. The fraction of sp³-hybridized carbons (Fsp3) is 0.636. The minimum atomic E-state index is -0.280. The van der Waals surface area contributed by atoms with E-state index in [2.05, 4.69) is 20.8 Å². The van der Waals surface area contributed by atoms with Gasteiger partial charge >= 0.3 is 5.69 Å². The van der Waals surface area contributed by atoms with E-state index >= 15 is 0 Å². The summed E-state index contributed by atoms with van der Waals surface area (Å²) in [5.74, 6) is -0.402. The summed E-state index contributed by atoms with van der Waals surface area (Å²) in [4.78, 5) is 34.2. The number of hydrogen-bond donors (Lipinski definition) is 3. The van der Waals surface area contributed by atoms with Crippen molar-refractivity contribution in [2.75, 3.05) is 18.8 Å². The van der Waals surface area contributed by atoms with E-state index in [0.29, 0.717) is 18.2 Å². The summed E-state index contributed by atoms with van der Waals surface area (Å²) in [6.45, 7) is 4.79. The van der Waals surface area contributed by atoms with Crippen LogP contribution in [0.3, 0.4) is 0 Å². The number of H-pyrrole nitrogens is 1. The molecule has 0 aliphatic heterocycles. The largest absolute Gasteiger partial charge is 0.355 e. The second-order valence-electron chi connectivity index (χ2n) is 3.98. The van der Waals surface area contributed by atoms with E-state index in [4.69, 9.17) is 0 Å².